The van der Waals surface area contributed by atoms with Crippen LogP contribution in [0.1, 0.15) is 28.7 Å². The fourth-order valence-electron chi connectivity index (χ4n) is 2.79. The average molecular weight is 328 g/mol. The fourth-order valence-corrected chi connectivity index (χ4v) is 4.19. The molecule has 1 heterocycles. The molecule has 0 N–H and O–H groups in total. The van der Waals surface area contributed by atoms with Crippen LogP contribution in [-0.2, 0) is 10.0 Å². The van der Waals surface area contributed by atoms with Crippen LogP contribution in [0.15, 0.2) is 47.4 Å². The van der Waals surface area contributed by atoms with Crippen LogP contribution in [0.2, 0.25) is 0 Å². The summed E-state index contributed by atoms with van der Waals surface area (Å²) in [6.07, 6.45) is 0. The van der Waals surface area contributed by atoms with Gasteiger partial charge in [-0.3, -0.25) is 4.79 Å². The normalized spacial score (nSPS) is 11.8. The van der Waals surface area contributed by atoms with Crippen molar-refractivity contribution in [2.45, 2.75) is 25.7 Å². The summed E-state index contributed by atoms with van der Waals surface area (Å²) >= 11 is 0. The van der Waals surface area contributed by atoms with Gasteiger partial charge < -0.3 is 0 Å². The van der Waals surface area contributed by atoms with Crippen LogP contribution in [0.25, 0.3) is 10.8 Å². The van der Waals surface area contributed by atoms with E-state index < -0.39 is 10.0 Å². The second-order valence-corrected chi connectivity index (χ2v) is 7.23. The standard InChI is InChI=1S/C17H16N2O3S/c1-11-17(13(3)20)12(2)19(18-11)23(21,22)16-9-8-14-6-4-5-7-15(14)10-16/h4-10H,1-3H3. The Kier molecular flexibility index (Phi) is 3.56. The van der Waals surface area contributed by atoms with Gasteiger partial charge >= 0.3 is 0 Å². The molecule has 0 aliphatic heterocycles. The lowest BCUT2D eigenvalue weighted by molar-refractivity contribution is 0.101. The van der Waals surface area contributed by atoms with Gasteiger partial charge in [-0.05, 0) is 43.7 Å². The Bertz CT molecular complexity index is 1030. The number of Topliss-reactive ketones (excluding diaryl/α,β-unsaturated/α-hetero) is 1. The smallest absolute Gasteiger partial charge is 0.283 e. The maximum Gasteiger partial charge on any atom is 0.283 e. The Morgan fingerprint density at radius 3 is 2.30 bits per heavy atom. The van der Waals surface area contributed by atoms with Crippen LogP contribution in [-0.4, -0.2) is 23.4 Å². The van der Waals surface area contributed by atoms with Crippen molar-refractivity contribution < 1.29 is 13.2 Å². The number of carbonyl (C=O) groups is 1. The van der Waals surface area contributed by atoms with E-state index in [0.717, 1.165) is 14.9 Å². The van der Waals surface area contributed by atoms with E-state index in [4.69, 9.17) is 0 Å². The van der Waals surface area contributed by atoms with Gasteiger partial charge in [0.25, 0.3) is 10.0 Å². The van der Waals surface area contributed by atoms with Crippen LogP contribution in [0, 0.1) is 13.8 Å². The fraction of sp³-hybridized carbons (Fsp3) is 0.176. The lowest BCUT2D eigenvalue weighted by Crippen LogP contribution is -2.16. The Morgan fingerprint density at radius 1 is 1.04 bits per heavy atom. The predicted molar refractivity (Wildman–Crippen MR) is 88.2 cm³/mol. The summed E-state index contributed by atoms with van der Waals surface area (Å²) in [5, 5.41) is 5.86. The van der Waals surface area contributed by atoms with Crippen LogP contribution >= 0.6 is 0 Å². The van der Waals surface area contributed by atoms with E-state index in [0.29, 0.717) is 17.0 Å². The zero-order valence-electron chi connectivity index (χ0n) is 13.1. The van der Waals surface area contributed by atoms with Crippen LogP contribution < -0.4 is 0 Å². The van der Waals surface area contributed by atoms with Crippen LogP contribution in [0.4, 0.5) is 0 Å². The number of benzene rings is 2. The zero-order valence-corrected chi connectivity index (χ0v) is 13.9. The third kappa shape index (κ3) is 2.45. The van der Waals surface area contributed by atoms with Gasteiger partial charge in [-0.2, -0.15) is 17.6 Å². The minimum Gasteiger partial charge on any atom is -0.294 e. The SMILES string of the molecule is CC(=O)c1c(C)nn(S(=O)(=O)c2ccc3ccccc3c2)c1C. The number of ketones is 1. The van der Waals surface area contributed by atoms with Gasteiger partial charge in [0.15, 0.2) is 5.78 Å². The zero-order chi connectivity index (χ0) is 16.8. The second kappa shape index (κ2) is 5.31. The van der Waals surface area contributed by atoms with Gasteiger partial charge in [-0.25, -0.2) is 0 Å². The van der Waals surface area contributed by atoms with Crippen molar-refractivity contribution in [3.05, 3.63) is 59.4 Å². The third-order valence-electron chi connectivity index (χ3n) is 3.85. The maximum atomic E-state index is 12.9. The molecule has 1 aromatic heterocycles. The van der Waals surface area contributed by atoms with E-state index >= 15 is 0 Å². The molecule has 0 unspecified atom stereocenters. The van der Waals surface area contributed by atoms with Gasteiger partial charge in [0.05, 0.1) is 21.8 Å². The third-order valence-corrected chi connectivity index (χ3v) is 5.51. The van der Waals surface area contributed by atoms with Crippen molar-refractivity contribution in [1.82, 2.24) is 9.19 Å². The molecule has 0 amide bonds. The number of fused-ring (bicyclic) bond motifs is 1. The first-order chi connectivity index (χ1) is 10.8. The number of aryl methyl sites for hydroxylation is 1. The molecule has 2 aromatic carbocycles. The summed E-state index contributed by atoms with van der Waals surface area (Å²) in [5.41, 5.74) is 1.11. The van der Waals surface area contributed by atoms with Crippen LogP contribution in [0.5, 0.6) is 0 Å². The first kappa shape index (κ1) is 15.4. The summed E-state index contributed by atoms with van der Waals surface area (Å²) in [7, 11) is -3.84. The van der Waals surface area contributed by atoms with E-state index in [1.807, 2.05) is 24.3 Å². The highest BCUT2D eigenvalue weighted by Crippen LogP contribution is 2.23. The molecule has 0 fully saturated rings. The minimum atomic E-state index is -3.84. The number of hydrogen-bond donors (Lipinski definition) is 0. The van der Waals surface area contributed by atoms with E-state index in [2.05, 4.69) is 5.10 Å². The molecule has 3 aromatic rings. The van der Waals surface area contributed by atoms with Crippen LogP contribution in [0.3, 0.4) is 0 Å². The Labute approximate surface area is 134 Å². The molecule has 3 rings (SSSR count). The summed E-state index contributed by atoms with van der Waals surface area (Å²) < 4.78 is 26.7. The number of rotatable bonds is 3. The molecule has 0 aliphatic rings. The highest BCUT2D eigenvalue weighted by Gasteiger charge is 2.25. The summed E-state index contributed by atoms with van der Waals surface area (Å²) in [4.78, 5) is 11.8. The number of carbonyl (C=O) groups excluding carboxylic acids is 1. The molecule has 118 valence electrons. The van der Waals surface area contributed by atoms with Gasteiger partial charge in [0.1, 0.15) is 0 Å². The Hall–Kier alpha value is -2.47. The van der Waals surface area contributed by atoms with E-state index in [-0.39, 0.29) is 10.7 Å². The molecule has 6 heteroatoms. The van der Waals surface area contributed by atoms with Crippen molar-refractivity contribution >= 4 is 26.6 Å². The monoisotopic (exact) mass is 328 g/mol. The summed E-state index contributed by atoms with van der Waals surface area (Å²) in [5.74, 6) is -0.194. The molecule has 0 saturated carbocycles. The lowest BCUT2D eigenvalue weighted by Gasteiger charge is -2.08. The first-order valence-corrected chi connectivity index (χ1v) is 8.58. The van der Waals surface area contributed by atoms with Crippen molar-refractivity contribution in [1.29, 1.82) is 0 Å². The number of aromatic nitrogens is 2. The van der Waals surface area contributed by atoms with Crippen molar-refractivity contribution in [3.63, 3.8) is 0 Å². The molecular weight excluding hydrogens is 312 g/mol. The lowest BCUT2D eigenvalue weighted by atomic mass is 10.1. The minimum absolute atomic E-state index is 0.150. The highest BCUT2D eigenvalue weighted by atomic mass is 32.2. The topological polar surface area (TPSA) is 69.0 Å². The molecule has 0 aliphatic carbocycles. The van der Waals surface area contributed by atoms with Gasteiger partial charge in [-0.1, -0.05) is 30.3 Å². The molecular formula is C17H16N2O3S. The van der Waals surface area contributed by atoms with E-state index in [9.17, 15) is 13.2 Å². The van der Waals surface area contributed by atoms with Crippen molar-refractivity contribution in [2.75, 3.05) is 0 Å². The molecule has 23 heavy (non-hydrogen) atoms. The Morgan fingerprint density at radius 2 is 1.70 bits per heavy atom. The van der Waals surface area contributed by atoms with Crippen molar-refractivity contribution in [3.8, 4) is 0 Å². The molecule has 0 spiro atoms. The van der Waals surface area contributed by atoms with Gasteiger partial charge in [-0.15, -0.1) is 0 Å². The largest absolute Gasteiger partial charge is 0.294 e. The molecule has 0 saturated heterocycles. The molecule has 0 radical (unpaired) electrons. The second-order valence-electron chi connectivity index (χ2n) is 5.46. The van der Waals surface area contributed by atoms with Gasteiger partial charge in [0.2, 0.25) is 0 Å². The van der Waals surface area contributed by atoms with E-state index in [1.165, 1.54) is 6.92 Å². The van der Waals surface area contributed by atoms with E-state index in [1.54, 1.807) is 32.0 Å². The first-order valence-electron chi connectivity index (χ1n) is 7.14. The quantitative estimate of drug-likeness (QED) is 0.693. The number of hydrogen-bond acceptors (Lipinski definition) is 4. The van der Waals surface area contributed by atoms with Gasteiger partial charge in [0, 0.05) is 0 Å². The predicted octanol–water partition coefficient (Wildman–Crippen LogP) is 3.09. The van der Waals surface area contributed by atoms with Crippen molar-refractivity contribution in [2.24, 2.45) is 0 Å². The highest BCUT2D eigenvalue weighted by molar-refractivity contribution is 7.89. The maximum absolute atomic E-state index is 12.9. The molecule has 0 bridgehead atoms. The molecule has 0 atom stereocenters. The Balaban J connectivity index is 2.21. The number of nitrogens with zero attached hydrogens (tertiary/aromatic N) is 2. The summed E-state index contributed by atoms with van der Waals surface area (Å²) in [6, 6.07) is 12.5. The average Bonchev–Trinajstić information content (AvgIpc) is 2.82. The summed E-state index contributed by atoms with van der Waals surface area (Å²) in [6.45, 7) is 4.63. The molecule has 5 nitrogen and oxygen atoms in total.